The Morgan fingerprint density at radius 1 is 1.04 bits per heavy atom. The van der Waals surface area contributed by atoms with Crippen LogP contribution in [0.5, 0.6) is 0 Å². The van der Waals surface area contributed by atoms with Crippen molar-refractivity contribution in [2.75, 3.05) is 5.73 Å². The van der Waals surface area contributed by atoms with Gasteiger partial charge in [0.15, 0.2) is 0 Å². The first-order valence-corrected chi connectivity index (χ1v) is 9.74. The van der Waals surface area contributed by atoms with Gasteiger partial charge in [0.2, 0.25) is 0 Å². The molecule has 4 aromatic rings. The second-order valence-electron chi connectivity index (χ2n) is 7.69. The number of para-hydroxylation sites is 1. The summed E-state index contributed by atoms with van der Waals surface area (Å²) in [4.78, 5) is 7.66. The zero-order valence-corrected chi connectivity index (χ0v) is 15.7. The van der Waals surface area contributed by atoms with Crippen molar-refractivity contribution in [3.63, 3.8) is 0 Å². The molecule has 0 saturated heterocycles. The van der Waals surface area contributed by atoms with Crippen LogP contribution in [0.1, 0.15) is 36.0 Å². The molecule has 28 heavy (non-hydrogen) atoms. The lowest BCUT2D eigenvalue weighted by Gasteiger charge is -2.43. The molecule has 5 rings (SSSR count). The van der Waals surface area contributed by atoms with E-state index in [9.17, 15) is 5.11 Å². The number of aliphatic hydroxyl groups is 1. The topological polar surface area (TPSA) is 74.9 Å². The van der Waals surface area contributed by atoms with Gasteiger partial charge in [0.25, 0.3) is 0 Å². The Hall–Kier alpha value is -3.11. The van der Waals surface area contributed by atoms with E-state index in [2.05, 4.69) is 64.7 Å². The van der Waals surface area contributed by atoms with Crippen LogP contribution in [0.3, 0.4) is 0 Å². The Bertz CT molecular complexity index is 1140. The highest BCUT2D eigenvalue weighted by Crippen LogP contribution is 2.51. The van der Waals surface area contributed by atoms with Crippen molar-refractivity contribution in [1.82, 2.24) is 9.97 Å². The van der Waals surface area contributed by atoms with Crippen LogP contribution >= 0.6 is 0 Å². The lowest BCUT2D eigenvalue weighted by molar-refractivity contribution is 0.282. The number of aromatic nitrogens is 2. The minimum absolute atomic E-state index is 0.0910. The number of nitrogens with zero attached hydrogens (tertiary/aromatic N) is 1. The summed E-state index contributed by atoms with van der Waals surface area (Å²) in [6.07, 6.45) is 7.55. The number of nitrogens with one attached hydrogen (secondary N) is 1. The van der Waals surface area contributed by atoms with Gasteiger partial charge in [-0.2, -0.15) is 0 Å². The fraction of sp³-hybridized carbons (Fsp3) is 0.208. The summed E-state index contributed by atoms with van der Waals surface area (Å²) in [5.74, 6) is 0.385. The lowest BCUT2D eigenvalue weighted by Crippen LogP contribution is -2.35. The molecule has 0 unspecified atom stereocenters. The second-order valence-corrected chi connectivity index (χ2v) is 7.69. The summed E-state index contributed by atoms with van der Waals surface area (Å²) in [5.41, 5.74) is 12.6. The molecule has 0 spiro atoms. The molecule has 2 aromatic heterocycles. The molecule has 4 heteroatoms. The molecule has 140 valence electrons. The van der Waals surface area contributed by atoms with Crippen molar-refractivity contribution >= 4 is 16.7 Å². The number of benzene rings is 2. The average molecular weight is 369 g/mol. The van der Waals surface area contributed by atoms with E-state index >= 15 is 0 Å². The van der Waals surface area contributed by atoms with Gasteiger partial charge >= 0.3 is 0 Å². The van der Waals surface area contributed by atoms with E-state index in [1.165, 1.54) is 41.3 Å². The molecular weight excluding hydrogens is 346 g/mol. The molecule has 4 nitrogen and oxygen atoms in total. The van der Waals surface area contributed by atoms with Crippen molar-refractivity contribution < 1.29 is 5.11 Å². The highest BCUT2D eigenvalue weighted by atomic mass is 16.3. The molecule has 2 heterocycles. The number of hydrogen-bond donors (Lipinski definition) is 3. The highest BCUT2D eigenvalue weighted by molar-refractivity contribution is 5.85. The number of nitrogens with two attached hydrogens (primary N) is 1. The Morgan fingerprint density at radius 2 is 1.82 bits per heavy atom. The number of hydrogen-bond acceptors (Lipinski definition) is 3. The average Bonchev–Trinajstić information content (AvgIpc) is 3.13. The van der Waals surface area contributed by atoms with Crippen molar-refractivity contribution in [2.45, 2.75) is 31.3 Å². The Kier molecular flexibility index (Phi) is 3.95. The number of aliphatic hydroxyl groups excluding tert-OH is 1. The predicted octanol–water partition coefficient (Wildman–Crippen LogP) is 4.77. The van der Waals surface area contributed by atoms with E-state index in [-0.39, 0.29) is 12.0 Å². The third-order valence-electron chi connectivity index (χ3n) is 6.25. The fourth-order valence-corrected chi connectivity index (χ4v) is 4.50. The van der Waals surface area contributed by atoms with Gasteiger partial charge < -0.3 is 15.8 Å². The van der Waals surface area contributed by atoms with Crippen LogP contribution in [0.15, 0.2) is 67.0 Å². The molecule has 1 saturated carbocycles. The molecule has 0 aliphatic heterocycles. The summed E-state index contributed by atoms with van der Waals surface area (Å²) in [6, 6.07) is 19.2. The first-order chi connectivity index (χ1) is 13.7. The Morgan fingerprint density at radius 3 is 2.54 bits per heavy atom. The third kappa shape index (κ3) is 2.53. The van der Waals surface area contributed by atoms with Gasteiger partial charge in [-0.25, -0.2) is 4.98 Å². The van der Waals surface area contributed by atoms with E-state index in [0.717, 1.165) is 11.1 Å². The first kappa shape index (κ1) is 17.0. The number of nitrogen functional groups attached to an aromatic ring is 1. The van der Waals surface area contributed by atoms with Gasteiger partial charge in [0, 0.05) is 39.8 Å². The minimum atomic E-state index is -0.103. The molecule has 0 bridgehead atoms. The summed E-state index contributed by atoms with van der Waals surface area (Å²) in [6.45, 7) is -0.103. The van der Waals surface area contributed by atoms with Crippen LogP contribution in [0.2, 0.25) is 0 Å². The van der Waals surface area contributed by atoms with Crippen LogP contribution in [0.4, 0.5) is 5.82 Å². The summed E-state index contributed by atoms with van der Waals surface area (Å²) in [7, 11) is 0. The second kappa shape index (κ2) is 6.50. The van der Waals surface area contributed by atoms with Gasteiger partial charge in [-0.15, -0.1) is 0 Å². The Balaban J connectivity index is 1.54. The molecule has 1 fully saturated rings. The maximum absolute atomic E-state index is 9.45. The maximum Gasteiger partial charge on any atom is 0.128 e. The van der Waals surface area contributed by atoms with Crippen LogP contribution in [0.25, 0.3) is 22.0 Å². The molecule has 1 aliphatic carbocycles. The van der Waals surface area contributed by atoms with Gasteiger partial charge in [-0.3, -0.25) is 0 Å². The fourth-order valence-electron chi connectivity index (χ4n) is 4.50. The van der Waals surface area contributed by atoms with E-state index in [4.69, 9.17) is 5.73 Å². The number of aromatic amines is 1. The number of H-pyrrole nitrogens is 1. The summed E-state index contributed by atoms with van der Waals surface area (Å²) in [5, 5.41) is 10.8. The third-order valence-corrected chi connectivity index (χ3v) is 6.25. The quantitative estimate of drug-likeness (QED) is 0.485. The van der Waals surface area contributed by atoms with Crippen molar-refractivity contribution in [1.29, 1.82) is 0 Å². The standard InChI is InChI=1S/C24H23N3O/c25-23-18(15-28)12-17(13-27-23)16-6-8-19(9-7-16)24(10-3-11-24)21-14-26-22-5-2-1-4-20(21)22/h1-2,4-9,12-14,26,28H,3,10-11,15H2,(H2,25,27). The van der Waals surface area contributed by atoms with E-state index in [1.807, 2.05) is 6.07 Å². The molecule has 0 atom stereocenters. The molecule has 4 N–H and O–H groups in total. The molecule has 0 radical (unpaired) electrons. The van der Waals surface area contributed by atoms with Crippen LogP contribution in [-0.4, -0.2) is 15.1 Å². The van der Waals surface area contributed by atoms with Gasteiger partial charge in [-0.05, 0) is 41.7 Å². The number of anilines is 1. The zero-order valence-electron chi connectivity index (χ0n) is 15.7. The maximum atomic E-state index is 9.45. The number of fused-ring (bicyclic) bond motifs is 1. The summed E-state index contributed by atoms with van der Waals surface area (Å²) >= 11 is 0. The Labute approximate surface area is 164 Å². The van der Waals surface area contributed by atoms with Crippen LogP contribution < -0.4 is 5.73 Å². The molecule has 1 aliphatic rings. The minimum Gasteiger partial charge on any atom is -0.392 e. The predicted molar refractivity (Wildman–Crippen MR) is 113 cm³/mol. The van der Waals surface area contributed by atoms with Gasteiger partial charge in [0.05, 0.1) is 6.61 Å². The number of pyridine rings is 1. The van der Waals surface area contributed by atoms with E-state index in [0.29, 0.717) is 11.4 Å². The number of rotatable bonds is 4. The smallest absolute Gasteiger partial charge is 0.128 e. The normalized spacial score (nSPS) is 15.5. The largest absolute Gasteiger partial charge is 0.392 e. The SMILES string of the molecule is Nc1ncc(-c2ccc(C3(c4c[nH]c5ccccc45)CCC3)cc2)cc1CO. The molecule has 2 aromatic carbocycles. The van der Waals surface area contributed by atoms with Crippen molar-refractivity contribution in [2.24, 2.45) is 0 Å². The zero-order chi connectivity index (χ0) is 19.1. The monoisotopic (exact) mass is 369 g/mol. The van der Waals surface area contributed by atoms with Crippen LogP contribution in [0, 0.1) is 0 Å². The van der Waals surface area contributed by atoms with E-state index < -0.39 is 0 Å². The van der Waals surface area contributed by atoms with Crippen LogP contribution in [-0.2, 0) is 12.0 Å². The first-order valence-electron chi connectivity index (χ1n) is 9.74. The van der Waals surface area contributed by atoms with E-state index in [1.54, 1.807) is 6.20 Å². The van der Waals surface area contributed by atoms with Crippen molar-refractivity contribution in [3.8, 4) is 11.1 Å². The van der Waals surface area contributed by atoms with Crippen molar-refractivity contribution in [3.05, 3.63) is 83.7 Å². The molecule has 0 amide bonds. The lowest BCUT2D eigenvalue weighted by atomic mass is 9.60. The van der Waals surface area contributed by atoms with Gasteiger partial charge in [0.1, 0.15) is 5.82 Å². The highest BCUT2D eigenvalue weighted by Gasteiger charge is 2.41. The molecular formula is C24H23N3O. The van der Waals surface area contributed by atoms with Gasteiger partial charge in [-0.1, -0.05) is 48.9 Å². The summed E-state index contributed by atoms with van der Waals surface area (Å²) < 4.78 is 0.